The second-order valence-corrected chi connectivity index (χ2v) is 1.95. The third-order valence-electron chi connectivity index (χ3n) is 1.22. The third-order valence-corrected chi connectivity index (χ3v) is 1.22. The molecule has 47 valence electrons. The first-order valence-electron chi connectivity index (χ1n) is 2.89. The molecule has 2 atom stereocenters. The van der Waals surface area contributed by atoms with Crippen LogP contribution in [0, 0.1) is 6.92 Å². The number of ether oxygens (including phenoxy) is 2. The van der Waals surface area contributed by atoms with Crippen LogP contribution in [0.2, 0.25) is 0 Å². The van der Waals surface area contributed by atoms with Crippen LogP contribution < -0.4 is 0 Å². The lowest BCUT2D eigenvalue weighted by Crippen LogP contribution is -2.07. The Morgan fingerprint density at radius 1 is 1.75 bits per heavy atom. The maximum atomic E-state index is 5.23. The van der Waals surface area contributed by atoms with E-state index < -0.39 is 0 Å². The van der Waals surface area contributed by atoms with E-state index in [4.69, 9.17) is 9.47 Å². The summed E-state index contributed by atoms with van der Waals surface area (Å²) in [5.74, 6) is 0. The zero-order valence-corrected chi connectivity index (χ0v) is 5.09. The Morgan fingerprint density at radius 3 is 2.75 bits per heavy atom. The van der Waals surface area contributed by atoms with E-state index in [9.17, 15) is 0 Å². The Morgan fingerprint density at radius 2 is 2.50 bits per heavy atom. The molecule has 2 nitrogen and oxygen atoms in total. The van der Waals surface area contributed by atoms with Gasteiger partial charge in [0.25, 0.3) is 0 Å². The monoisotopic (exact) mass is 115 g/mol. The number of rotatable bonds is 1. The molecule has 0 saturated carbocycles. The molecule has 0 aliphatic carbocycles. The molecule has 1 aliphatic rings. The summed E-state index contributed by atoms with van der Waals surface area (Å²) in [5.41, 5.74) is 0. The average Bonchev–Trinajstić information content (AvgIpc) is 2.14. The summed E-state index contributed by atoms with van der Waals surface area (Å²) in [6.45, 7) is 6.31. The molecule has 1 aliphatic heterocycles. The van der Waals surface area contributed by atoms with Crippen molar-refractivity contribution in [2.45, 2.75) is 25.7 Å². The minimum Gasteiger partial charge on any atom is -0.350 e. The van der Waals surface area contributed by atoms with Crippen LogP contribution in [0.3, 0.4) is 0 Å². The minimum absolute atomic E-state index is 0.0123. The van der Waals surface area contributed by atoms with Crippen molar-refractivity contribution in [1.29, 1.82) is 0 Å². The lowest BCUT2D eigenvalue weighted by Gasteiger charge is -2.02. The van der Waals surface area contributed by atoms with E-state index in [1.807, 2.05) is 6.92 Å². The van der Waals surface area contributed by atoms with E-state index in [-0.39, 0.29) is 12.4 Å². The van der Waals surface area contributed by atoms with Crippen molar-refractivity contribution in [1.82, 2.24) is 0 Å². The van der Waals surface area contributed by atoms with Crippen LogP contribution in [0.5, 0.6) is 0 Å². The van der Waals surface area contributed by atoms with E-state index in [0.29, 0.717) is 6.61 Å². The Kier molecular flexibility index (Phi) is 1.86. The van der Waals surface area contributed by atoms with Gasteiger partial charge in [-0.1, -0.05) is 6.92 Å². The fourth-order valence-electron chi connectivity index (χ4n) is 0.744. The summed E-state index contributed by atoms with van der Waals surface area (Å²) in [5, 5.41) is 0. The Bertz CT molecular complexity index is 72.9. The lowest BCUT2D eigenvalue weighted by atomic mass is 10.3. The Balaban J connectivity index is 2.22. The fraction of sp³-hybridized carbons (Fsp3) is 0.833. The fourth-order valence-corrected chi connectivity index (χ4v) is 0.744. The second-order valence-electron chi connectivity index (χ2n) is 1.95. The van der Waals surface area contributed by atoms with Gasteiger partial charge >= 0.3 is 0 Å². The van der Waals surface area contributed by atoms with Crippen molar-refractivity contribution in [2.75, 3.05) is 6.61 Å². The maximum absolute atomic E-state index is 5.23. The molecule has 0 N–H and O–H groups in total. The van der Waals surface area contributed by atoms with Crippen molar-refractivity contribution in [3.05, 3.63) is 6.92 Å². The van der Waals surface area contributed by atoms with Gasteiger partial charge in [-0.2, -0.15) is 0 Å². The van der Waals surface area contributed by atoms with E-state index >= 15 is 0 Å². The summed E-state index contributed by atoms with van der Waals surface area (Å²) in [7, 11) is 0. The zero-order chi connectivity index (χ0) is 5.98. The van der Waals surface area contributed by atoms with Crippen molar-refractivity contribution >= 4 is 0 Å². The lowest BCUT2D eigenvalue weighted by molar-refractivity contribution is -0.0414. The highest BCUT2D eigenvalue weighted by Gasteiger charge is 2.19. The van der Waals surface area contributed by atoms with Gasteiger partial charge in [0.2, 0.25) is 0 Å². The smallest absolute Gasteiger partial charge is 0.155 e. The molecule has 0 spiro atoms. The average molecular weight is 115 g/mol. The normalized spacial score (nSPS) is 38.2. The molecule has 0 aromatic heterocycles. The van der Waals surface area contributed by atoms with Crippen LogP contribution in [0.15, 0.2) is 0 Å². The zero-order valence-electron chi connectivity index (χ0n) is 5.09. The number of hydrogen-bond donors (Lipinski definition) is 0. The molecule has 0 aromatic carbocycles. The minimum atomic E-state index is -0.0123. The molecule has 2 heteroatoms. The van der Waals surface area contributed by atoms with Crippen LogP contribution in [-0.2, 0) is 9.47 Å². The van der Waals surface area contributed by atoms with Gasteiger partial charge in [-0.25, -0.2) is 0 Å². The number of hydrogen-bond acceptors (Lipinski definition) is 2. The highest BCUT2D eigenvalue weighted by molar-refractivity contribution is 4.63. The molecule has 1 radical (unpaired) electrons. The molecule has 1 rings (SSSR count). The van der Waals surface area contributed by atoms with Crippen molar-refractivity contribution in [3.63, 3.8) is 0 Å². The predicted molar refractivity (Wildman–Crippen MR) is 30.3 cm³/mol. The standard InChI is InChI=1S/C6H11O2/c1-3-6-4-7-5(2)8-6/h5-6H,1,3-4H2,2H3. The van der Waals surface area contributed by atoms with Crippen molar-refractivity contribution < 1.29 is 9.47 Å². The van der Waals surface area contributed by atoms with E-state index in [1.54, 1.807) is 0 Å². The summed E-state index contributed by atoms with van der Waals surface area (Å²) in [6.07, 6.45) is 1.04. The van der Waals surface area contributed by atoms with Crippen LogP contribution in [0.1, 0.15) is 13.3 Å². The molecule has 1 saturated heterocycles. The van der Waals surface area contributed by atoms with Gasteiger partial charge < -0.3 is 9.47 Å². The van der Waals surface area contributed by atoms with Crippen LogP contribution >= 0.6 is 0 Å². The van der Waals surface area contributed by atoms with E-state index in [1.165, 1.54) is 0 Å². The first-order valence-corrected chi connectivity index (χ1v) is 2.89. The van der Waals surface area contributed by atoms with Gasteiger partial charge in [-0.3, -0.25) is 0 Å². The van der Waals surface area contributed by atoms with Gasteiger partial charge in [-0.05, 0) is 13.3 Å². The molecular weight excluding hydrogens is 104 g/mol. The SMILES string of the molecule is [CH2]CC1COC(C)O1. The topological polar surface area (TPSA) is 18.5 Å². The Labute approximate surface area is 49.8 Å². The quantitative estimate of drug-likeness (QED) is 0.507. The summed E-state index contributed by atoms with van der Waals surface area (Å²) in [6, 6.07) is 0. The highest BCUT2D eigenvalue weighted by atomic mass is 16.7. The van der Waals surface area contributed by atoms with E-state index in [0.717, 1.165) is 6.42 Å². The molecule has 8 heavy (non-hydrogen) atoms. The van der Waals surface area contributed by atoms with Gasteiger partial charge in [0.1, 0.15) is 0 Å². The first kappa shape index (κ1) is 6.05. The molecule has 2 unspecified atom stereocenters. The van der Waals surface area contributed by atoms with Gasteiger partial charge in [0, 0.05) is 0 Å². The van der Waals surface area contributed by atoms with Gasteiger partial charge in [-0.15, -0.1) is 0 Å². The van der Waals surface area contributed by atoms with Crippen LogP contribution in [-0.4, -0.2) is 19.0 Å². The van der Waals surface area contributed by atoms with Crippen molar-refractivity contribution in [3.8, 4) is 0 Å². The molecule has 0 bridgehead atoms. The summed E-state index contributed by atoms with van der Waals surface area (Å²) >= 11 is 0. The Hall–Kier alpha value is -0.0800. The third kappa shape index (κ3) is 1.20. The molecule has 1 heterocycles. The van der Waals surface area contributed by atoms with Crippen LogP contribution in [0.4, 0.5) is 0 Å². The maximum Gasteiger partial charge on any atom is 0.155 e. The summed E-state index contributed by atoms with van der Waals surface area (Å²) in [4.78, 5) is 0. The van der Waals surface area contributed by atoms with Crippen LogP contribution in [0.25, 0.3) is 0 Å². The molecule has 0 aromatic rings. The van der Waals surface area contributed by atoms with Gasteiger partial charge in [0.15, 0.2) is 6.29 Å². The highest BCUT2D eigenvalue weighted by Crippen LogP contribution is 2.12. The second kappa shape index (κ2) is 2.46. The van der Waals surface area contributed by atoms with E-state index in [2.05, 4.69) is 6.92 Å². The van der Waals surface area contributed by atoms with Crippen molar-refractivity contribution in [2.24, 2.45) is 0 Å². The molecule has 1 fully saturated rings. The largest absolute Gasteiger partial charge is 0.350 e. The summed E-state index contributed by atoms with van der Waals surface area (Å²) < 4.78 is 10.3. The molecular formula is C6H11O2. The van der Waals surface area contributed by atoms with Gasteiger partial charge in [0.05, 0.1) is 12.7 Å². The predicted octanol–water partition coefficient (Wildman–Crippen LogP) is 0.972. The first-order chi connectivity index (χ1) is 3.83. The molecule has 0 amide bonds.